The molecule has 0 atom stereocenters. The summed E-state index contributed by atoms with van der Waals surface area (Å²) in [6.07, 6.45) is 17.3. The molecule has 0 aliphatic carbocycles. The van der Waals surface area contributed by atoms with E-state index >= 15 is 0 Å². The molecule has 2 aliphatic heterocycles. The van der Waals surface area contributed by atoms with Crippen LogP contribution in [0.25, 0.3) is 0 Å². The number of nitrogens with zero attached hydrogens (tertiary/aromatic N) is 2. The Hall–Kier alpha value is -0.120. The van der Waals surface area contributed by atoms with Gasteiger partial charge in [0.05, 0.1) is 13.2 Å². The second kappa shape index (κ2) is 13.2. The topological polar surface area (TPSA) is 15.7 Å². The number of likely N-dealkylation sites (tertiary alicyclic amines) is 1. The van der Waals surface area contributed by atoms with Gasteiger partial charge >= 0.3 is 0 Å². The van der Waals surface area contributed by atoms with Gasteiger partial charge in [-0.3, -0.25) is 4.90 Å². The molecule has 0 saturated carbocycles. The van der Waals surface area contributed by atoms with Gasteiger partial charge in [-0.2, -0.15) is 0 Å². The number of rotatable bonds is 12. The molecule has 3 heteroatoms. The maximum Gasteiger partial charge on any atom is 0.0594 e. The van der Waals surface area contributed by atoms with Crippen LogP contribution in [0.5, 0.6) is 0 Å². The third-order valence-corrected chi connectivity index (χ3v) is 5.50. The summed E-state index contributed by atoms with van der Waals surface area (Å²) < 4.78 is 5.39. The van der Waals surface area contributed by atoms with Crippen molar-refractivity contribution >= 4 is 0 Å². The van der Waals surface area contributed by atoms with Gasteiger partial charge in [-0.05, 0) is 51.9 Å². The third-order valence-electron chi connectivity index (χ3n) is 5.50. The Kier molecular flexibility index (Phi) is 11.0. The van der Waals surface area contributed by atoms with Crippen molar-refractivity contribution in [2.45, 2.75) is 77.0 Å². The summed E-state index contributed by atoms with van der Waals surface area (Å²) in [6.45, 7) is 9.57. The summed E-state index contributed by atoms with van der Waals surface area (Å²) >= 11 is 0. The van der Waals surface area contributed by atoms with Crippen molar-refractivity contribution in [3.63, 3.8) is 0 Å². The Bertz CT molecular complexity index is 234. The SMILES string of the molecule is C(CCCCCN1CCCCC1)CCCCCN1CCOCC1. The summed E-state index contributed by atoms with van der Waals surface area (Å²) in [4.78, 5) is 5.24. The maximum atomic E-state index is 5.39. The average molecular weight is 325 g/mol. The van der Waals surface area contributed by atoms with E-state index in [0.717, 1.165) is 26.3 Å². The average Bonchev–Trinajstić information content (AvgIpc) is 2.61. The predicted octanol–water partition coefficient (Wildman–Crippen LogP) is 4.32. The number of ether oxygens (including phenoxy) is 1. The molecule has 0 spiro atoms. The van der Waals surface area contributed by atoms with Gasteiger partial charge in [-0.1, -0.05) is 51.4 Å². The first kappa shape index (κ1) is 19.2. The first-order valence-electron chi connectivity index (χ1n) is 10.5. The van der Waals surface area contributed by atoms with Crippen LogP contribution in [0.3, 0.4) is 0 Å². The summed E-state index contributed by atoms with van der Waals surface area (Å²) in [5.41, 5.74) is 0. The van der Waals surface area contributed by atoms with Crippen molar-refractivity contribution < 1.29 is 4.74 Å². The van der Waals surface area contributed by atoms with Crippen molar-refractivity contribution in [3.8, 4) is 0 Å². The Morgan fingerprint density at radius 3 is 1.43 bits per heavy atom. The molecule has 0 unspecified atom stereocenters. The standard InChI is InChI=1S/C20H40N2O/c1(2-4-6-9-13-21-14-11-8-12-15-21)3-5-7-10-16-22-17-19-23-20-18-22/h1-20H2. The molecule has 0 aromatic rings. The van der Waals surface area contributed by atoms with Crippen molar-refractivity contribution in [3.05, 3.63) is 0 Å². The molecule has 2 rings (SSSR count). The molecule has 2 saturated heterocycles. The van der Waals surface area contributed by atoms with Crippen LogP contribution < -0.4 is 0 Å². The van der Waals surface area contributed by atoms with E-state index in [1.807, 2.05) is 0 Å². The molecule has 136 valence electrons. The number of unbranched alkanes of at least 4 members (excludes halogenated alkanes) is 8. The molecule has 2 aliphatic rings. The molecule has 0 aromatic carbocycles. The number of piperidine rings is 1. The van der Waals surface area contributed by atoms with E-state index in [-0.39, 0.29) is 0 Å². The quantitative estimate of drug-likeness (QED) is 0.497. The van der Waals surface area contributed by atoms with Crippen LogP contribution in [-0.2, 0) is 4.74 Å². The van der Waals surface area contributed by atoms with E-state index in [2.05, 4.69) is 9.80 Å². The first-order chi connectivity index (χ1) is 11.4. The van der Waals surface area contributed by atoms with Crippen LogP contribution in [0.2, 0.25) is 0 Å². The maximum absolute atomic E-state index is 5.39. The molecule has 2 heterocycles. The lowest BCUT2D eigenvalue weighted by Crippen LogP contribution is -2.36. The molecule has 0 aromatic heterocycles. The van der Waals surface area contributed by atoms with E-state index in [9.17, 15) is 0 Å². The zero-order valence-electron chi connectivity index (χ0n) is 15.4. The van der Waals surface area contributed by atoms with Crippen LogP contribution in [0.15, 0.2) is 0 Å². The van der Waals surface area contributed by atoms with E-state index in [1.165, 1.54) is 103 Å². The molecule has 0 bridgehead atoms. The van der Waals surface area contributed by atoms with Crippen molar-refractivity contribution in [1.82, 2.24) is 9.80 Å². The Labute approximate surface area is 144 Å². The highest BCUT2D eigenvalue weighted by atomic mass is 16.5. The molecule has 2 fully saturated rings. The summed E-state index contributed by atoms with van der Waals surface area (Å²) in [5, 5.41) is 0. The number of hydrogen-bond donors (Lipinski definition) is 0. The molecule has 0 amide bonds. The second-order valence-electron chi connectivity index (χ2n) is 7.54. The van der Waals surface area contributed by atoms with Gasteiger partial charge in [0.2, 0.25) is 0 Å². The molecular weight excluding hydrogens is 284 g/mol. The van der Waals surface area contributed by atoms with Crippen molar-refractivity contribution in [2.24, 2.45) is 0 Å². The van der Waals surface area contributed by atoms with E-state index in [4.69, 9.17) is 4.74 Å². The predicted molar refractivity (Wildman–Crippen MR) is 99.1 cm³/mol. The highest BCUT2D eigenvalue weighted by molar-refractivity contribution is 4.64. The Balaban J connectivity index is 1.26. The van der Waals surface area contributed by atoms with E-state index < -0.39 is 0 Å². The van der Waals surface area contributed by atoms with Crippen LogP contribution >= 0.6 is 0 Å². The third kappa shape index (κ3) is 9.69. The first-order valence-corrected chi connectivity index (χ1v) is 10.5. The number of morpholine rings is 1. The highest BCUT2D eigenvalue weighted by Crippen LogP contribution is 2.13. The summed E-state index contributed by atoms with van der Waals surface area (Å²) in [5.74, 6) is 0. The van der Waals surface area contributed by atoms with Crippen LogP contribution in [-0.4, -0.2) is 62.3 Å². The zero-order chi connectivity index (χ0) is 16.0. The molecule has 23 heavy (non-hydrogen) atoms. The van der Waals surface area contributed by atoms with E-state index in [0.29, 0.717) is 0 Å². The fraction of sp³-hybridized carbons (Fsp3) is 1.00. The summed E-state index contributed by atoms with van der Waals surface area (Å²) in [7, 11) is 0. The smallest absolute Gasteiger partial charge is 0.0594 e. The second-order valence-corrected chi connectivity index (χ2v) is 7.54. The van der Waals surface area contributed by atoms with Crippen LogP contribution in [0, 0.1) is 0 Å². The van der Waals surface area contributed by atoms with Crippen LogP contribution in [0.1, 0.15) is 77.0 Å². The lowest BCUT2D eigenvalue weighted by Gasteiger charge is -2.26. The highest BCUT2D eigenvalue weighted by Gasteiger charge is 2.09. The Morgan fingerprint density at radius 2 is 0.913 bits per heavy atom. The lowest BCUT2D eigenvalue weighted by atomic mass is 10.1. The molecule has 0 radical (unpaired) electrons. The molecule has 0 N–H and O–H groups in total. The molecular formula is C20H40N2O. The van der Waals surface area contributed by atoms with Gasteiger partial charge in [0.15, 0.2) is 0 Å². The van der Waals surface area contributed by atoms with Gasteiger partial charge in [-0.15, -0.1) is 0 Å². The van der Waals surface area contributed by atoms with Gasteiger partial charge in [-0.25, -0.2) is 0 Å². The minimum absolute atomic E-state index is 0.942. The van der Waals surface area contributed by atoms with Gasteiger partial charge in [0.25, 0.3) is 0 Å². The normalized spacial score (nSPS) is 20.9. The zero-order valence-corrected chi connectivity index (χ0v) is 15.4. The fourth-order valence-corrected chi connectivity index (χ4v) is 3.92. The fourth-order valence-electron chi connectivity index (χ4n) is 3.92. The van der Waals surface area contributed by atoms with Crippen molar-refractivity contribution in [2.75, 3.05) is 52.5 Å². The minimum atomic E-state index is 0.942. The van der Waals surface area contributed by atoms with Gasteiger partial charge < -0.3 is 9.64 Å². The van der Waals surface area contributed by atoms with Crippen LogP contribution in [0.4, 0.5) is 0 Å². The number of hydrogen-bond acceptors (Lipinski definition) is 3. The van der Waals surface area contributed by atoms with Gasteiger partial charge in [0.1, 0.15) is 0 Å². The summed E-state index contributed by atoms with van der Waals surface area (Å²) in [6, 6.07) is 0. The van der Waals surface area contributed by atoms with Crippen molar-refractivity contribution in [1.29, 1.82) is 0 Å². The lowest BCUT2D eigenvalue weighted by molar-refractivity contribution is 0.0371. The Morgan fingerprint density at radius 1 is 0.478 bits per heavy atom. The van der Waals surface area contributed by atoms with E-state index in [1.54, 1.807) is 0 Å². The van der Waals surface area contributed by atoms with Gasteiger partial charge in [0, 0.05) is 13.1 Å². The minimum Gasteiger partial charge on any atom is -0.379 e. The largest absolute Gasteiger partial charge is 0.379 e. The molecule has 3 nitrogen and oxygen atoms in total. The monoisotopic (exact) mass is 324 g/mol.